The molecule has 17 heavy (non-hydrogen) atoms. The predicted molar refractivity (Wildman–Crippen MR) is 66.4 cm³/mol. The van der Waals surface area contributed by atoms with Crippen molar-refractivity contribution in [1.29, 1.82) is 0 Å². The molecule has 0 saturated heterocycles. The molecule has 1 N–H and O–H groups in total. The number of nitrogens with zero attached hydrogens (tertiary/aromatic N) is 1. The molecule has 2 rings (SSSR count). The van der Waals surface area contributed by atoms with Crippen LogP contribution in [0, 0.1) is 6.92 Å². The van der Waals surface area contributed by atoms with E-state index in [0.717, 1.165) is 11.1 Å². The van der Waals surface area contributed by atoms with Crippen molar-refractivity contribution in [2.24, 2.45) is 0 Å². The summed E-state index contributed by atoms with van der Waals surface area (Å²) >= 11 is 5.93. The second-order valence-corrected chi connectivity index (χ2v) is 4.08. The fourth-order valence-electron chi connectivity index (χ4n) is 1.60. The molecular formula is C13H10ClNO2. The molecule has 1 aromatic carbocycles. The van der Waals surface area contributed by atoms with Gasteiger partial charge in [0.05, 0.1) is 11.3 Å². The van der Waals surface area contributed by atoms with Crippen LogP contribution >= 0.6 is 11.6 Å². The quantitative estimate of drug-likeness (QED) is 0.885. The fraction of sp³-hybridized carbons (Fsp3) is 0.0769. The number of carbonyl (C=O) groups is 1. The largest absolute Gasteiger partial charge is 0.478 e. The summed E-state index contributed by atoms with van der Waals surface area (Å²) in [6.45, 7) is 1.87. The van der Waals surface area contributed by atoms with Crippen LogP contribution in [0.4, 0.5) is 0 Å². The number of carboxylic acid groups (broad SMARTS) is 1. The molecule has 1 heterocycles. The van der Waals surface area contributed by atoms with Crippen LogP contribution in [-0.4, -0.2) is 16.1 Å². The third-order valence-electron chi connectivity index (χ3n) is 2.47. The molecule has 0 aliphatic rings. The van der Waals surface area contributed by atoms with Crippen molar-refractivity contribution < 1.29 is 9.90 Å². The number of pyridine rings is 1. The Bertz CT molecular complexity index is 581. The highest BCUT2D eigenvalue weighted by atomic mass is 35.5. The first kappa shape index (κ1) is 11.6. The van der Waals surface area contributed by atoms with Gasteiger partial charge in [0.1, 0.15) is 0 Å². The zero-order valence-electron chi connectivity index (χ0n) is 9.14. The zero-order valence-corrected chi connectivity index (χ0v) is 9.90. The number of halogens is 1. The van der Waals surface area contributed by atoms with E-state index in [1.807, 2.05) is 13.0 Å². The van der Waals surface area contributed by atoms with Gasteiger partial charge in [0.2, 0.25) is 0 Å². The van der Waals surface area contributed by atoms with Crippen LogP contribution in [0.5, 0.6) is 0 Å². The molecule has 0 aliphatic heterocycles. The topological polar surface area (TPSA) is 50.2 Å². The van der Waals surface area contributed by atoms with Crippen LogP contribution in [0.2, 0.25) is 5.02 Å². The molecule has 86 valence electrons. The average Bonchev–Trinajstić information content (AvgIpc) is 2.32. The molecule has 0 radical (unpaired) electrons. The molecule has 0 amide bonds. The molecule has 1 aromatic heterocycles. The zero-order chi connectivity index (χ0) is 12.4. The second-order valence-electron chi connectivity index (χ2n) is 3.67. The van der Waals surface area contributed by atoms with Crippen LogP contribution in [0.25, 0.3) is 11.3 Å². The Hall–Kier alpha value is -1.87. The molecule has 0 aliphatic carbocycles. The van der Waals surface area contributed by atoms with E-state index < -0.39 is 5.97 Å². The first-order chi connectivity index (χ1) is 8.09. The van der Waals surface area contributed by atoms with E-state index >= 15 is 0 Å². The van der Waals surface area contributed by atoms with Crippen molar-refractivity contribution in [2.45, 2.75) is 6.92 Å². The lowest BCUT2D eigenvalue weighted by Gasteiger charge is -2.06. The Labute approximate surface area is 104 Å². The summed E-state index contributed by atoms with van der Waals surface area (Å²) in [7, 11) is 0. The van der Waals surface area contributed by atoms with Crippen molar-refractivity contribution in [3.05, 3.63) is 52.7 Å². The first-order valence-electron chi connectivity index (χ1n) is 5.04. The molecule has 0 atom stereocenters. The Balaban J connectivity index is 2.60. The number of benzene rings is 1. The van der Waals surface area contributed by atoms with Crippen molar-refractivity contribution in [2.75, 3.05) is 0 Å². The Morgan fingerprint density at radius 2 is 2.12 bits per heavy atom. The van der Waals surface area contributed by atoms with E-state index in [1.165, 1.54) is 6.07 Å². The van der Waals surface area contributed by atoms with Gasteiger partial charge in [-0.05, 0) is 36.8 Å². The van der Waals surface area contributed by atoms with E-state index in [2.05, 4.69) is 4.98 Å². The van der Waals surface area contributed by atoms with E-state index in [-0.39, 0.29) is 5.56 Å². The molecule has 4 heteroatoms. The third kappa shape index (κ3) is 2.29. The molecule has 0 fully saturated rings. The van der Waals surface area contributed by atoms with E-state index in [0.29, 0.717) is 10.7 Å². The number of hydrogen-bond donors (Lipinski definition) is 1. The highest BCUT2D eigenvalue weighted by Gasteiger charge is 2.12. The summed E-state index contributed by atoms with van der Waals surface area (Å²) < 4.78 is 0. The van der Waals surface area contributed by atoms with Gasteiger partial charge in [0.15, 0.2) is 0 Å². The Morgan fingerprint density at radius 1 is 1.35 bits per heavy atom. The number of aromatic carboxylic acids is 1. The molecule has 2 aromatic rings. The van der Waals surface area contributed by atoms with E-state index in [4.69, 9.17) is 16.7 Å². The SMILES string of the molecule is Cc1cc(-c2ncccc2C(=O)O)ccc1Cl. The van der Waals surface area contributed by atoms with Crippen LogP contribution in [-0.2, 0) is 0 Å². The maximum Gasteiger partial charge on any atom is 0.337 e. The summed E-state index contributed by atoms with van der Waals surface area (Å²) in [5.41, 5.74) is 2.30. The predicted octanol–water partition coefficient (Wildman–Crippen LogP) is 3.41. The number of carboxylic acids is 1. The minimum absolute atomic E-state index is 0.189. The summed E-state index contributed by atoms with van der Waals surface area (Å²) in [6.07, 6.45) is 1.58. The summed E-state index contributed by atoms with van der Waals surface area (Å²) in [5, 5.41) is 9.74. The number of hydrogen-bond acceptors (Lipinski definition) is 2. The molecule has 0 bridgehead atoms. The maximum atomic E-state index is 11.1. The minimum Gasteiger partial charge on any atom is -0.478 e. The third-order valence-corrected chi connectivity index (χ3v) is 2.89. The van der Waals surface area contributed by atoms with Crippen molar-refractivity contribution in [3.8, 4) is 11.3 Å². The van der Waals surface area contributed by atoms with E-state index in [9.17, 15) is 4.79 Å². The summed E-state index contributed by atoms with van der Waals surface area (Å²) in [6, 6.07) is 8.48. The smallest absolute Gasteiger partial charge is 0.337 e. The molecule has 0 unspecified atom stereocenters. The lowest BCUT2D eigenvalue weighted by Crippen LogP contribution is -2.01. The highest BCUT2D eigenvalue weighted by molar-refractivity contribution is 6.31. The summed E-state index contributed by atoms with van der Waals surface area (Å²) in [5.74, 6) is -0.985. The summed E-state index contributed by atoms with van der Waals surface area (Å²) in [4.78, 5) is 15.2. The molecule has 0 spiro atoms. The van der Waals surface area contributed by atoms with Gasteiger partial charge < -0.3 is 5.11 Å². The van der Waals surface area contributed by atoms with Crippen LogP contribution in [0.3, 0.4) is 0 Å². The van der Waals surface area contributed by atoms with Crippen molar-refractivity contribution >= 4 is 17.6 Å². The number of aromatic nitrogens is 1. The van der Waals surface area contributed by atoms with Crippen LogP contribution < -0.4 is 0 Å². The molecule has 0 saturated carbocycles. The second kappa shape index (κ2) is 4.55. The monoisotopic (exact) mass is 247 g/mol. The van der Waals surface area contributed by atoms with Gasteiger partial charge in [0.25, 0.3) is 0 Å². The number of aryl methyl sites for hydroxylation is 1. The molecular weight excluding hydrogens is 238 g/mol. The van der Waals surface area contributed by atoms with Crippen LogP contribution in [0.15, 0.2) is 36.5 Å². The van der Waals surface area contributed by atoms with Gasteiger partial charge in [-0.15, -0.1) is 0 Å². The molecule has 3 nitrogen and oxygen atoms in total. The Morgan fingerprint density at radius 3 is 2.76 bits per heavy atom. The minimum atomic E-state index is -0.985. The first-order valence-corrected chi connectivity index (χ1v) is 5.42. The average molecular weight is 248 g/mol. The number of rotatable bonds is 2. The lowest BCUT2D eigenvalue weighted by atomic mass is 10.0. The maximum absolute atomic E-state index is 11.1. The van der Waals surface area contributed by atoms with Gasteiger partial charge >= 0.3 is 5.97 Å². The fourth-order valence-corrected chi connectivity index (χ4v) is 1.72. The lowest BCUT2D eigenvalue weighted by molar-refractivity contribution is 0.0697. The van der Waals surface area contributed by atoms with Crippen LogP contribution in [0.1, 0.15) is 15.9 Å². The standard InChI is InChI=1S/C13H10ClNO2/c1-8-7-9(4-5-11(8)14)12-10(13(16)17)3-2-6-15-12/h2-7H,1H3,(H,16,17). The van der Waals surface area contributed by atoms with E-state index in [1.54, 1.807) is 24.4 Å². The highest BCUT2D eigenvalue weighted by Crippen LogP contribution is 2.25. The van der Waals surface area contributed by atoms with Gasteiger partial charge in [-0.3, -0.25) is 4.98 Å². The van der Waals surface area contributed by atoms with Gasteiger partial charge in [-0.1, -0.05) is 17.7 Å². The normalized spacial score (nSPS) is 10.2. The van der Waals surface area contributed by atoms with Gasteiger partial charge in [0, 0.05) is 16.8 Å². The Kier molecular flexibility index (Phi) is 3.11. The van der Waals surface area contributed by atoms with Crippen molar-refractivity contribution in [1.82, 2.24) is 4.98 Å². The van der Waals surface area contributed by atoms with Crippen molar-refractivity contribution in [3.63, 3.8) is 0 Å². The van der Waals surface area contributed by atoms with Gasteiger partial charge in [-0.2, -0.15) is 0 Å². The van der Waals surface area contributed by atoms with Gasteiger partial charge in [-0.25, -0.2) is 4.79 Å².